The van der Waals surface area contributed by atoms with E-state index < -0.39 is 0 Å². The zero-order chi connectivity index (χ0) is 13.8. The number of aryl methyl sites for hydroxylation is 1. The fourth-order valence-corrected chi connectivity index (χ4v) is 2.89. The molecule has 0 aliphatic carbocycles. The van der Waals surface area contributed by atoms with E-state index in [4.69, 9.17) is 4.74 Å². The molecule has 1 N–H and O–H groups in total. The van der Waals surface area contributed by atoms with Crippen molar-refractivity contribution in [1.29, 1.82) is 0 Å². The van der Waals surface area contributed by atoms with Crippen LogP contribution >= 0.6 is 0 Å². The van der Waals surface area contributed by atoms with Gasteiger partial charge in [-0.2, -0.15) is 0 Å². The Morgan fingerprint density at radius 3 is 3.00 bits per heavy atom. The Morgan fingerprint density at radius 1 is 1.47 bits per heavy atom. The molecule has 0 radical (unpaired) electrons. The molecule has 0 spiro atoms. The maximum absolute atomic E-state index is 10.0. The van der Waals surface area contributed by atoms with Crippen molar-refractivity contribution >= 4 is 0 Å². The van der Waals surface area contributed by atoms with Crippen molar-refractivity contribution in [2.24, 2.45) is 0 Å². The zero-order valence-electron chi connectivity index (χ0n) is 12.2. The number of likely N-dealkylation sites (tertiary alicyclic amines) is 1. The van der Waals surface area contributed by atoms with Crippen molar-refractivity contribution in [2.45, 2.75) is 45.8 Å². The first-order chi connectivity index (χ1) is 9.11. The van der Waals surface area contributed by atoms with Gasteiger partial charge in [-0.15, -0.1) is 0 Å². The SMILES string of the molecule is CCOC1CCCN(C(C)c2cc(C)ccc2O)C1. The van der Waals surface area contributed by atoms with Crippen LogP contribution in [-0.2, 0) is 4.74 Å². The van der Waals surface area contributed by atoms with Gasteiger partial charge in [0.1, 0.15) is 5.75 Å². The average molecular weight is 263 g/mol. The van der Waals surface area contributed by atoms with E-state index in [2.05, 4.69) is 31.7 Å². The number of phenolic OH excluding ortho intramolecular Hbond substituents is 1. The summed E-state index contributed by atoms with van der Waals surface area (Å²) in [6.45, 7) is 9.11. The Bertz CT molecular complexity index is 417. The third kappa shape index (κ3) is 3.48. The standard InChI is InChI=1S/C16H25NO2/c1-4-19-14-6-5-9-17(11-14)13(3)15-10-12(2)7-8-16(15)18/h7-8,10,13-14,18H,4-6,9,11H2,1-3H3. The lowest BCUT2D eigenvalue weighted by atomic mass is 9.99. The van der Waals surface area contributed by atoms with Gasteiger partial charge < -0.3 is 9.84 Å². The minimum absolute atomic E-state index is 0.239. The molecular weight excluding hydrogens is 238 g/mol. The number of nitrogens with zero attached hydrogens (tertiary/aromatic N) is 1. The molecule has 3 nitrogen and oxygen atoms in total. The average Bonchev–Trinajstić information content (AvgIpc) is 2.41. The molecule has 1 aromatic carbocycles. The molecule has 19 heavy (non-hydrogen) atoms. The van der Waals surface area contributed by atoms with Crippen LogP contribution < -0.4 is 0 Å². The molecule has 2 rings (SSSR count). The largest absolute Gasteiger partial charge is 0.508 e. The summed E-state index contributed by atoms with van der Waals surface area (Å²) < 4.78 is 5.75. The third-order valence-electron chi connectivity index (χ3n) is 3.99. The molecule has 3 heteroatoms. The molecule has 0 aromatic heterocycles. The minimum Gasteiger partial charge on any atom is -0.508 e. The van der Waals surface area contributed by atoms with Crippen LogP contribution in [0.5, 0.6) is 5.75 Å². The lowest BCUT2D eigenvalue weighted by Gasteiger charge is -2.37. The molecule has 1 aromatic rings. The molecule has 1 aliphatic rings. The quantitative estimate of drug-likeness (QED) is 0.905. The number of hydrogen-bond donors (Lipinski definition) is 1. The van der Waals surface area contributed by atoms with Crippen molar-refractivity contribution in [3.8, 4) is 5.75 Å². The number of benzene rings is 1. The molecule has 1 heterocycles. The zero-order valence-corrected chi connectivity index (χ0v) is 12.2. The Kier molecular flexibility index (Phi) is 4.83. The van der Waals surface area contributed by atoms with Crippen molar-refractivity contribution in [1.82, 2.24) is 4.90 Å². The number of rotatable bonds is 4. The second-order valence-corrected chi connectivity index (χ2v) is 5.45. The van der Waals surface area contributed by atoms with Gasteiger partial charge in [-0.3, -0.25) is 4.90 Å². The molecule has 0 saturated carbocycles. The van der Waals surface area contributed by atoms with Gasteiger partial charge in [-0.25, -0.2) is 0 Å². The molecule has 106 valence electrons. The summed E-state index contributed by atoms with van der Waals surface area (Å²) in [5.41, 5.74) is 2.22. The number of hydrogen-bond acceptors (Lipinski definition) is 3. The number of phenols is 1. The summed E-state index contributed by atoms with van der Waals surface area (Å²) in [4.78, 5) is 2.42. The van der Waals surface area contributed by atoms with E-state index in [1.807, 2.05) is 6.07 Å². The molecule has 2 unspecified atom stereocenters. The first-order valence-electron chi connectivity index (χ1n) is 7.27. The van der Waals surface area contributed by atoms with Gasteiger partial charge in [0.2, 0.25) is 0 Å². The molecule has 1 saturated heterocycles. The summed E-state index contributed by atoms with van der Waals surface area (Å²) in [6, 6.07) is 6.07. The monoisotopic (exact) mass is 263 g/mol. The van der Waals surface area contributed by atoms with Gasteiger partial charge in [-0.05, 0) is 46.2 Å². The van der Waals surface area contributed by atoms with Gasteiger partial charge in [-0.1, -0.05) is 17.7 Å². The van der Waals surface area contributed by atoms with E-state index in [0.29, 0.717) is 11.9 Å². The van der Waals surface area contributed by atoms with E-state index in [0.717, 1.165) is 31.7 Å². The summed E-state index contributed by atoms with van der Waals surface area (Å²) in [6.07, 6.45) is 2.66. The predicted molar refractivity (Wildman–Crippen MR) is 77.5 cm³/mol. The predicted octanol–water partition coefficient (Wildman–Crippen LogP) is 3.26. The van der Waals surface area contributed by atoms with Gasteiger partial charge >= 0.3 is 0 Å². The summed E-state index contributed by atoms with van der Waals surface area (Å²) in [7, 11) is 0. The molecule has 2 atom stereocenters. The summed E-state index contributed by atoms with van der Waals surface area (Å²) in [5, 5.41) is 10.0. The lowest BCUT2D eigenvalue weighted by molar-refractivity contribution is -0.00563. The van der Waals surface area contributed by atoms with Crippen LogP contribution in [0.4, 0.5) is 0 Å². The highest BCUT2D eigenvalue weighted by Gasteiger charge is 2.25. The van der Waals surface area contributed by atoms with Crippen molar-refractivity contribution < 1.29 is 9.84 Å². The Morgan fingerprint density at radius 2 is 2.26 bits per heavy atom. The van der Waals surface area contributed by atoms with Gasteiger partial charge in [0.05, 0.1) is 6.10 Å². The van der Waals surface area contributed by atoms with Crippen molar-refractivity contribution in [3.05, 3.63) is 29.3 Å². The van der Waals surface area contributed by atoms with Crippen LogP contribution in [0.15, 0.2) is 18.2 Å². The summed E-state index contributed by atoms with van der Waals surface area (Å²) >= 11 is 0. The normalized spacial score (nSPS) is 22.4. The number of piperidine rings is 1. The second kappa shape index (κ2) is 6.40. The second-order valence-electron chi connectivity index (χ2n) is 5.45. The van der Waals surface area contributed by atoms with Crippen LogP contribution in [0.2, 0.25) is 0 Å². The molecule has 1 fully saturated rings. The van der Waals surface area contributed by atoms with E-state index in [-0.39, 0.29) is 6.04 Å². The maximum atomic E-state index is 10.0. The topological polar surface area (TPSA) is 32.7 Å². The highest BCUT2D eigenvalue weighted by molar-refractivity contribution is 5.37. The van der Waals surface area contributed by atoms with Gasteiger partial charge in [0.15, 0.2) is 0 Å². The number of ether oxygens (including phenoxy) is 1. The van der Waals surface area contributed by atoms with Gasteiger partial charge in [0.25, 0.3) is 0 Å². The van der Waals surface area contributed by atoms with Crippen LogP contribution in [0.1, 0.15) is 43.9 Å². The van der Waals surface area contributed by atoms with E-state index in [1.165, 1.54) is 12.0 Å². The Labute approximate surface area is 116 Å². The van der Waals surface area contributed by atoms with Crippen LogP contribution in [0, 0.1) is 6.92 Å². The van der Waals surface area contributed by atoms with E-state index in [9.17, 15) is 5.11 Å². The maximum Gasteiger partial charge on any atom is 0.120 e. The smallest absolute Gasteiger partial charge is 0.120 e. The Hall–Kier alpha value is -1.06. The van der Waals surface area contributed by atoms with E-state index in [1.54, 1.807) is 6.07 Å². The number of aromatic hydroxyl groups is 1. The highest BCUT2D eigenvalue weighted by Crippen LogP contribution is 2.31. The molecule has 0 amide bonds. The fraction of sp³-hybridized carbons (Fsp3) is 0.625. The lowest BCUT2D eigenvalue weighted by Crippen LogP contribution is -2.41. The summed E-state index contributed by atoms with van der Waals surface area (Å²) in [5.74, 6) is 0.400. The van der Waals surface area contributed by atoms with Crippen molar-refractivity contribution in [2.75, 3.05) is 19.7 Å². The van der Waals surface area contributed by atoms with Crippen LogP contribution in [0.3, 0.4) is 0 Å². The molecule has 0 bridgehead atoms. The van der Waals surface area contributed by atoms with Crippen LogP contribution in [0.25, 0.3) is 0 Å². The van der Waals surface area contributed by atoms with Gasteiger partial charge in [0, 0.05) is 24.8 Å². The first-order valence-corrected chi connectivity index (χ1v) is 7.27. The fourth-order valence-electron chi connectivity index (χ4n) is 2.89. The van der Waals surface area contributed by atoms with Crippen molar-refractivity contribution in [3.63, 3.8) is 0 Å². The Balaban J connectivity index is 2.10. The third-order valence-corrected chi connectivity index (χ3v) is 3.99. The highest BCUT2D eigenvalue weighted by atomic mass is 16.5. The van der Waals surface area contributed by atoms with E-state index >= 15 is 0 Å². The molecule has 1 aliphatic heterocycles. The first kappa shape index (κ1) is 14.4. The van der Waals surface area contributed by atoms with Crippen LogP contribution in [-0.4, -0.2) is 35.8 Å². The molecular formula is C16H25NO2. The minimum atomic E-state index is 0.239.